The molecule has 0 heterocycles. The summed E-state index contributed by atoms with van der Waals surface area (Å²) >= 11 is 42.8. The molecule has 0 atom stereocenters. The molecule has 0 aliphatic rings. The second-order valence-corrected chi connectivity index (χ2v) is 42.6. The van der Waals surface area contributed by atoms with E-state index in [1.165, 1.54) is 257 Å². The van der Waals surface area contributed by atoms with E-state index in [0.717, 1.165) is 51.4 Å². The summed E-state index contributed by atoms with van der Waals surface area (Å²) in [6, 6.07) is 0. The van der Waals surface area contributed by atoms with Crippen LogP contribution in [0.4, 0.5) is 0 Å². The quantitative estimate of drug-likeness (QED) is 0.0250. The Morgan fingerprint density at radius 2 is 0.279 bits per heavy atom. The van der Waals surface area contributed by atoms with E-state index < -0.39 is 22.8 Å². The average Bonchev–Trinajstić information content (AvgIpc) is 3.62. The second kappa shape index (κ2) is 81.6. The third-order valence-electron chi connectivity index (χ3n) is 14.0. The molecule has 0 aliphatic heterocycles. The number of unbranched alkanes of at least 4 members (excludes halogenated alkanes) is 40. The van der Waals surface area contributed by atoms with E-state index in [1.807, 2.05) is 0 Å². The topological polar surface area (TPSA) is 90.9 Å². The summed E-state index contributed by atoms with van der Waals surface area (Å²) in [4.78, 5) is 0. The fraction of sp³-hybridized carbons (Fsp3) is 1.00. The van der Waals surface area contributed by atoms with Gasteiger partial charge in [-0.3, -0.25) is 0 Å². The van der Waals surface area contributed by atoms with Gasteiger partial charge in [0.1, 0.15) is 0 Å². The summed E-state index contributed by atoms with van der Waals surface area (Å²) in [7, 11) is 0. The van der Waals surface area contributed by atoms with E-state index in [9.17, 15) is 0 Å². The molecule has 0 unspecified atom stereocenters. The molecule has 0 aromatic heterocycles. The van der Waals surface area contributed by atoms with Crippen molar-refractivity contribution in [2.45, 2.75) is 364 Å². The molecule has 520 valence electrons. The van der Waals surface area contributed by atoms with Crippen molar-refractivity contribution in [1.29, 1.82) is 0 Å². The van der Waals surface area contributed by atoms with Gasteiger partial charge in [-0.05, 0) is 51.4 Å². The van der Waals surface area contributed by atoms with E-state index in [-0.39, 0.29) is 0 Å². The summed E-state index contributed by atoms with van der Waals surface area (Å²) in [5, 5.41) is 0. The van der Waals surface area contributed by atoms with Crippen molar-refractivity contribution in [3.8, 4) is 0 Å². The Labute approximate surface area is 589 Å². The maximum absolute atomic E-state index is 8.26. The molecule has 0 N–H and O–H groups in total. The molecule has 22 heteroatoms. The zero-order valence-electron chi connectivity index (χ0n) is 56.7. The summed E-state index contributed by atoms with van der Waals surface area (Å²) in [6.07, 6.45) is 60.0. The van der Waals surface area contributed by atoms with Crippen molar-refractivity contribution in [3.05, 3.63) is 0 Å². The molecule has 0 aromatic rings. The third kappa shape index (κ3) is 94.6. The van der Waals surface area contributed by atoms with E-state index in [0.29, 0.717) is 72.6 Å². The van der Waals surface area contributed by atoms with Crippen LogP contribution in [0.25, 0.3) is 0 Å². The zero-order valence-corrected chi connectivity index (χ0v) is 68.9. The first-order chi connectivity index (χ1) is 41.5. The number of hydrogen-bond acceptors (Lipinski definition) is 17. The van der Waals surface area contributed by atoms with Crippen LogP contribution in [0.3, 0.4) is 0 Å². The Kier molecular flexibility index (Phi) is 93.8. The normalized spacial score (nSPS) is 11.7. The number of hydrogen-bond donors (Lipinski definition) is 0. The third-order valence-corrected chi connectivity index (χ3v) is 23.0. The van der Waals surface area contributed by atoms with E-state index in [4.69, 9.17) is 136 Å². The van der Waals surface area contributed by atoms with Gasteiger partial charge in [0.2, 0.25) is 0 Å². The van der Waals surface area contributed by atoms with Crippen molar-refractivity contribution in [3.63, 3.8) is 0 Å². The van der Waals surface area contributed by atoms with E-state index >= 15 is 0 Å². The van der Waals surface area contributed by atoms with Crippen LogP contribution in [0.1, 0.15) is 364 Å². The van der Waals surface area contributed by atoms with Gasteiger partial charge >= 0.3 is 23.2 Å². The molecule has 0 spiro atoms. The van der Waals surface area contributed by atoms with Crippen LogP contribution in [-0.4, -0.2) is 52.9 Å². The molecule has 0 bridgehead atoms. The first kappa shape index (κ1) is 98.8. The Morgan fingerprint density at radius 3 is 0.372 bits per heavy atom. The summed E-state index contributed by atoms with van der Waals surface area (Å²) in [5.41, 5.74) is -9.59. The first-order valence-electron chi connectivity index (χ1n) is 35.1. The predicted octanol–water partition coefficient (Wildman–Crippen LogP) is 25.9. The number of rotatable bonds is 64. The Balaban J connectivity index is -0.000000336. The van der Waals surface area contributed by atoms with Crippen LogP contribution in [0, 0.1) is 0 Å². The molecule has 0 aromatic carbocycles. The first-order valence-corrected chi connectivity index (χ1v) is 50.5. The van der Waals surface area contributed by atoms with Crippen LogP contribution in [0.5, 0.6) is 0 Å². The predicted molar refractivity (Wildman–Crippen MR) is 402 cm³/mol. The molecule has 0 saturated heterocycles. The standard InChI is InChI=1S/4C16H35O2PS2.Mo.O/c4*1-3-5-7-9-11-13-15-17-19(20,21)18-16-14-12-10-8-6-4-2;;/h4*3-16H2,1-2H3,(H,20,21);;/q;;;;+4;/p-4. The monoisotopic (exact) mass is 1530 g/mol. The average molecular weight is 1530 g/mol. The van der Waals surface area contributed by atoms with E-state index in [1.54, 1.807) is 0 Å². The van der Waals surface area contributed by atoms with Gasteiger partial charge in [0.15, 0.2) is 0 Å². The van der Waals surface area contributed by atoms with Gasteiger partial charge in [-0.15, -0.1) is 0 Å². The van der Waals surface area contributed by atoms with E-state index in [2.05, 4.69) is 55.4 Å². The van der Waals surface area contributed by atoms with Crippen molar-refractivity contribution in [1.82, 2.24) is 0 Å². The molecule has 0 aliphatic carbocycles. The van der Waals surface area contributed by atoms with Gasteiger partial charge in [0, 0.05) is 0 Å². The van der Waals surface area contributed by atoms with Crippen molar-refractivity contribution < 1.29 is 59.4 Å². The summed E-state index contributed by atoms with van der Waals surface area (Å²) < 4.78 is 53.1. The van der Waals surface area contributed by atoms with Crippen molar-refractivity contribution in [2.75, 3.05) is 52.9 Å². The molecular formula is C64H136MoO9P4S8. The van der Waals surface area contributed by atoms with Gasteiger partial charge in [0.25, 0.3) is 0 Å². The van der Waals surface area contributed by atoms with Crippen molar-refractivity contribution in [2.24, 2.45) is 0 Å². The molecule has 9 nitrogen and oxygen atoms in total. The second-order valence-electron chi connectivity index (χ2n) is 22.6. The van der Waals surface area contributed by atoms with Gasteiger partial charge in [-0.25, -0.2) is 0 Å². The maximum atomic E-state index is 8.26. The fourth-order valence-electron chi connectivity index (χ4n) is 8.62. The summed E-state index contributed by atoms with van der Waals surface area (Å²) in [5.74, 6) is 0. The molecule has 0 rings (SSSR count). The molecule has 0 fully saturated rings. The van der Waals surface area contributed by atoms with Gasteiger partial charge in [0.05, 0.1) is 75.6 Å². The Morgan fingerprint density at radius 1 is 0.198 bits per heavy atom. The Hall–Kier alpha value is 4.17. The molecule has 0 radical (unpaired) electrons. The molecule has 0 amide bonds. The van der Waals surface area contributed by atoms with Crippen LogP contribution < -0.4 is 0 Å². The van der Waals surface area contributed by atoms with Crippen LogP contribution in [0.15, 0.2) is 0 Å². The van der Waals surface area contributed by atoms with Gasteiger partial charge < -0.3 is 85.2 Å². The SMILES string of the molecule is CCCCCCCCOP(=S)([S-])OCCCCCCCC.CCCCCCCCOP(=S)([S-])OCCCCCCCC.CCCCCCCCOP(=S)([S-])OCCCCCCCC.CCCCCCCCOP(=S)([S-])OCCCCCCCC.[O]=[Mo+4]. The van der Waals surface area contributed by atoms with Gasteiger partial charge in [-0.1, -0.05) is 359 Å². The molecule has 86 heavy (non-hydrogen) atoms. The van der Waals surface area contributed by atoms with Crippen molar-refractivity contribution >= 4 is 119 Å². The fourth-order valence-corrected chi connectivity index (χ4v) is 15.3. The minimum absolute atomic E-state index is 0.670. The minimum atomic E-state index is -2.40. The zero-order chi connectivity index (χ0) is 65.3. The Bertz CT molecular complexity index is 1200. The molecular weight excluding hydrogens is 1390 g/mol. The molecule has 0 saturated carbocycles. The summed E-state index contributed by atoms with van der Waals surface area (Å²) in [6.45, 7) is 23.2. The van der Waals surface area contributed by atoms with Gasteiger partial charge in [-0.2, -0.15) is 0 Å². The van der Waals surface area contributed by atoms with Crippen LogP contribution in [-0.2, 0) is 156 Å². The van der Waals surface area contributed by atoms with Crippen LogP contribution in [0.2, 0.25) is 0 Å². The van der Waals surface area contributed by atoms with Crippen LogP contribution >= 0.6 is 22.8 Å².